The summed E-state index contributed by atoms with van der Waals surface area (Å²) < 4.78 is 3.70. The highest BCUT2D eigenvalue weighted by Gasteiger charge is 2.21. The predicted molar refractivity (Wildman–Crippen MR) is 91.1 cm³/mol. The summed E-state index contributed by atoms with van der Waals surface area (Å²) in [6.07, 6.45) is 1.77. The number of aromatic nitrogens is 3. The van der Waals surface area contributed by atoms with Gasteiger partial charge in [0.1, 0.15) is 0 Å². The number of hydrogen-bond acceptors (Lipinski definition) is 3. The standard InChI is InChI=1S/C15H14Br2N4/c1-2-21-15(11(17)8-19-21)13(18)14-10(16)7-9-5-3-4-6-12(9)20-14/h3-8,13H,2,18H2,1H3. The zero-order valence-corrected chi connectivity index (χ0v) is 14.6. The lowest BCUT2D eigenvalue weighted by atomic mass is 10.1. The van der Waals surface area contributed by atoms with Crippen LogP contribution in [0.15, 0.2) is 45.5 Å². The van der Waals surface area contributed by atoms with E-state index in [-0.39, 0.29) is 6.04 Å². The Hall–Kier alpha value is -1.24. The topological polar surface area (TPSA) is 56.7 Å². The first-order valence-electron chi connectivity index (χ1n) is 6.63. The molecule has 6 heteroatoms. The van der Waals surface area contributed by atoms with Gasteiger partial charge in [0, 0.05) is 16.4 Å². The van der Waals surface area contributed by atoms with Gasteiger partial charge in [-0.15, -0.1) is 0 Å². The summed E-state index contributed by atoms with van der Waals surface area (Å²) in [4.78, 5) is 4.71. The van der Waals surface area contributed by atoms with Gasteiger partial charge in [-0.25, -0.2) is 4.98 Å². The molecule has 0 amide bonds. The van der Waals surface area contributed by atoms with Crippen molar-refractivity contribution in [3.8, 4) is 0 Å². The van der Waals surface area contributed by atoms with E-state index in [1.807, 2.05) is 35.9 Å². The van der Waals surface area contributed by atoms with E-state index >= 15 is 0 Å². The van der Waals surface area contributed by atoms with Gasteiger partial charge in [-0.3, -0.25) is 4.68 Å². The first kappa shape index (κ1) is 14.7. The molecule has 0 aliphatic rings. The van der Waals surface area contributed by atoms with Crippen molar-refractivity contribution in [2.45, 2.75) is 19.5 Å². The average Bonchev–Trinajstić information content (AvgIpc) is 2.86. The molecule has 0 bridgehead atoms. The quantitative estimate of drug-likeness (QED) is 0.710. The Morgan fingerprint density at radius 2 is 2.00 bits per heavy atom. The number of hydrogen-bond donors (Lipinski definition) is 1. The third kappa shape index (κ3) is 2.63. The monoisotopic (exact) mass is 408 g/mol. The highest BCUT2D eigenvalue weighted by atomic mass is 79.9. The highest BCUT2D eigenvalue weighted by molar-refractivity contribution is 9.10. The third-order valence-corrected chi connectivity index (χ3v) is 4.67. The van der Waals surface area contributed by atoms with Gasteiger partial charge < -0.3 is 5.73 Å². The van der Waals surface area contributed by atoms with Crippen molar-refractivity contribution >= 4 is 42.8 Å². The largest absolute Gasteiger partial charge is 0.318 e. The fourth-order valence-electron chi connectivity index (χ4n) is 2.39. The molecule has 0 radical (unpaired) electrons. The van der Waals surface area contributed by atoms with Crippen LogP contribution in [0.4, 0.5) is 0 Å². The van der Waals surface area contributed by atoms with Crippen molar-refractivity contribution in [2.24, 2.45) is 5.73 Å². The molecule has 3 rings (SSSR count). The summed E-state index contributed by atoms with van der Waals surface area (Å²) in [5.41, 5.74) is 9.12. The van der Waals surface area contributed by atoms with Gasteiger partial charge in [0.05, 0.1) is 33.6 Å². The van der Waals surface area contributed by atoms with Crippen LogP contribution in [0.3, 0.4) is 0 Å². The lowest BCUT2D eigenvalue weighted by molar-refractivity contribution is 0.595. The van der Waals surface area contributed by atoms with Gasteiger partial charge in [-0.1, -0.05) is 18.2 Å². The van der Waals surface area contributed by atoms with Crippen LogP contribution in [0.5, 0.6) is 0 Å². The van der Waals surface area contributed by atoms with Gasteiger partial charge in [-0.05, 0) is 50.9 Å². The molecule has 1 atom stereocenters. The average molecular weight is 410 g/mol. The van der Waals surface area contributed by atoms with E-state index in [0.29, 0.717) is 0 Å². The van der Waals surface area contributed by atoms with Crippen LogP contribution in [0, 0.1) is 0 Å². The first-order valence-corrected chi connectivity index (χ1v) is 8.22. The molecule has 0 saturated heterocycles. The van der Waals surface area contributed by atoms with Crippen LogP contribution in [-0.2, 0) is 6.54 Å². The molecule has 2 aromatic heterocycles. The summed E-state index contributed by atoms with van der Waals surface area (Å²) in [6.45, 7) is 2.80. The van der Waals surface area contributed by atoms with Crippen molar-refractivity contribution < 1.29 is 0 Å². The van der Waals surface area contributed by atoms with E-state index in [0.717, 1.165) is 37.8 Å². The highest BCUT2D eigenvalue weighted by Crippen LogP contribution is 2.31. The fourth-order valence-corrected chi connectivity index (χ4v) is 3.51. The number of halogens is 2. The second-order valence-electron chi connectivity index (χ2n) is 4.72. The lowest BCUT2D eigenvalue weighted by Crippen LogP contribution is -2.19. The number of para-hydroxylation sites is 1. The van der Waals surface area contributed by atoms with Crippen molar-refractivity contribution in [3.63, 3.8) is 0 Å². The maximum absolute atomic E-state index is 6.45. The van der Waals surface area contributed by atoms with Gasteiger partial charge in [0.25, 0.3) is 0 Å². The lowest BCUT2D eigenvalue weighted by Gasteiger charge is -2.16. The van der Waals surface area contributed by atoms with E-state index in [1.165, 1.54) is 0 Å². The normalized spacial score (nSPS) is 12.8. The molecule has 0 aliphatic heterocycles. The van der Waals surface area contributed by atoms with Gasteiger partial charge in [-0.2, -0.15) is 5.10 Å². The van der Waals surface area contributed by atoms with E-state index < -0.39 is 0 Å². The maximum Gasteiger partial charge on any atom is 0.0920 e. The van der Waals surface area contributed by atoms with Gasteiger partial charge in [0.2, 0.25) is 0 Å². The molecule has 1 unspecified atom stereocenters. The van der Waals surface area contributed by atoms with E-state index in [1.54, 1.807) is 6.20 Å². The number of nitrogens with two attached hydrogens (primary N) is 1. The van der Waals surface area contributed by atoms with Crippen molar-refractivity contribution in [1.29, 1.82) is 0 Å². The van der Waals surface area contributed by atoms with E-state index in [9.17, 15) is 0 Å². The minimum absolute atomic E-state index is 0.346. The molecule has 0 fully saturated rings. The van der Waals surface area contributed by atoms with Crippen LogP contribution >= 0.6 is 31.9 Å². The molecule has 0 saturated carbocycles. The Balaban J connectivity index is 2.15. The Kier molecular flexibility index (Phi) is 4.10. The van der Waals surface area contributed by atoms with Crippen molar-refractivity contribution in [1.82, 2.24) is 14.8 Å². The maximum atomic E-state index is 6.45. The zero-order valence-electron chi connectivity index (χ0n) is 11.4. The Morgan fingerprint density at radius 3 is 2.76 bits per heavy atom. The smallest absolute Gasteiger partial charge is 0.0920 e. The number of nitrogens with zero attached hydrogens (tertiary/aromatic N) is 3. The Bertz CT molecular complexity index is 797. The second-order valence-corrected chi connectivity index (χ2v) is 6.43. The zero-order chi connectivity index (χ0) is 15.0. The molecule has 21 heavy (non-hydrogen) atoms. The molecule has 4 nitrogen and oxygen atoms in total. The van der Waals surface area contributed by atoms with Crippen molar-refractivity contribution in [2.75, 3.05) is 0 Å². The molecule has 2 heterocycles. The third-order valence-electron chi connectivity index (χ3n) is 3.43. The molecule has 108 valence electrons. The van der Waals surface area contributed by atoms with Crippen LogP contribution in [-0.4, -0.2) is 14.8 Å². The Labute approximate surface area is 139 Å². The van der Waals surface area contributed by atoms with Crippen LogP contribution < -0.4 is 5.73 Å². The molecule has 0 aliphatic carbocycles. The fraction of sp³-hybridized carbons (Fsp3) is 0.200. The van der Waals surface area contributed by atoms with E-state index in [2.05, 4.69) is 43.0 Å². The van der Waals surface area contributed by atoms with Crippen molar-refractivity contribution in [3.05, 3.63) is 56.9 Å². The summed E-state index contributed by atoms with van der Waals surface area (Å²) >= 11 is 7.11. The number of pyridine rings is 1. The second kappa shape index (κ2) is 5.87. The van der Waals surface area contributed by atoms with Gasteiger partial charge >= 0.3 is 0 Å². The Morgan fingerprint density at radius 1 is 1.24 bits per heavy atom. The minimum Gasteiger partial charge on any atom is -0.318 e. The molecule has 0 spiro atoms. The number of rotatable bonds is 3. The SMILES string of the molecule is CCn1ncc(Br)c1C(N)c1nc2ccccc2cc1Br. The first-order chi connectivity index (χ1) is 10.1. The molecule has 2 N–H and O–H groups in total. The number of fused-ring (bicyclic) bond motifs is 1. The molecular formula is C15H14Br2N4. The van der Waals surface area contributed by atoms with Crippen LogP contribution in [0.1, 0.15) is 24.4 Å². The molecule has 1 aromatic carbocycles. The van der Waals surface area contributed by atoms with Crippen LogP contribution in [0.2, 0.25) is 0 Å². The minimum atomic E-state index is -0.346. The summed E-state index contributed by atoms with van der Waals surface area (Å²) in [5.74, 6) is 0. The number of aryl methyl sites for hydroxylation is 1. The predicted octanol–water partition coefficient (Wildman–Crippen LogP) is 4.02. The molecule has 3 aromatic rings. The van der Waals surface area contributed by atoms with E-state index in [4.69, 9.17) is 10.7 Å². The summed E-state index contributed by atoms with van der Waals surface area (Å²) in [5, 5.41) is 5.41. The van der Waals surface area contributed by atoms with Gasteiger partial charge in [0.15, 0.2) is 0 Å². The summed E-state index contributed by atoms with van der Waals surface area (Å²) in [7, 11) is 0. The molecular weight excluding hydrogens is 396 g/mol. The van der Waals surface area contributed by atoms with Crippen LogP contribution in [0.25, 0.3) is 10.9 Å². The summed E-state index contributed by atoms with van der Waals surface area (Å²) in [6, 6.07) is 9.71. The number of benzene rings is 1.